The third kappa shape index (κ3) is 5.48. The van der Waals surface area contributed by atoms with Gasteiger partial charge < -0.3 is 19.1 Å². The van der Waals surface area contributed by atoms with Gasteiger partial charge in [-0.25, -0.2) is 14.4 Å². The van der Waals surface area contributed by atoms with Crippen molar-refractivity contribution < 1.29 is 38.4 Å². The Morgan fingerprint density at radius 2 is 1.68 bits per heavy atom. The van der Waals surface area contributed by atoms with Crippen LogP contribution in [0.15, 0.2) is 48.5 Å². The number of likely N-dealkylation sites (N-methyl/N-ethyl adjacent to an activating group) is 1. The van der Waals surface area contributed by atoms with E-state index in [0.717, 1.165) is 37.6 Å². The molecular weight excluding hydrogens is 480 g/mol. The Morgan fingerprint density at radius 3 is 2.24 bits per heavy atom. The first-order valence-electron chi connectivity index (χ1n) is 12.4. The standard InChI is InChI=1S/C27H30N2O8/c1-29(2)13-12-23(17-29)36-26(33)27(21-10-6-7-11-21,20-8-4-3-5-9-20)37-25(32)19-14-18(24(30)31)15-22(16-19)28(34)35/h3-5,8-9,14-16,21,23H,6-7,10-13,17H2,1-2H3/p+1. The number of non-ortho nitro benzene ring substituents is 1. The molecule has 2 aromatic carbocycles. The quantitative estimate of drug-likeness (QED) is 0.244. The molecule has 10 heteroatoms. The van der Waals surface area contributed by atoms with Crippen molar-refractivity contribution >= 4 is 23.6 Å². The summed E-state index contributed by atoms with van der Waals surface area (Å²) in [4.78, 5) is 49.8. The van der Waals surface area contributed by atoms with Gasteiger partial charge in [0.1, 0.15) is 6.54 Å². The molecule has 0 aromatic heterocycles. The molecule has 1 saturated carbocycles. The average molecular weight is 512 g/mol. The fraction of sp³-hybridized carbons (Fsp3) is 0.444. The van der Waals surface area contributed by atoms with Crippen LogP contribution in [0.4, 0.5) is 5.69 Å². The second kappa shape index (κ2) is 10.3. The predicted octanol–water partition coefficient (Wildman–Crippen LogP) is 3.93. The highest BCUT2D eigenvalue weighted by Gasteiger charge is 2.54. The molecule has 2 aliphatic rings. The number of carbonyl (C=O) groups is 3. The molecule has 2 unspecified atom stereocenters. The minimum Gasteiger partial charge on any atom is -0.478 e. The summed E-state index contributed by atoms with van der Waals surface area (Å²) in [5, 5.41) is 20.8. The number of benzene rings is 2. The number of ether oxygens (including phenoxy) is 2. The molecule has 0 bridgehead atoms. The maximum atomic E-state index is 14.0. The predicted molar refractivity (Wildman–Crippen MR) is 132 cm³/mol. The summed E-state index contributed by atoms with van der Waals surface area (Å²) < 4.78 is 12.8. The van der Waals surface area contributed by atoms with E-state index >= 15 is 0 Å². The van der Waals surface area contributed by atoms with E-state index in [1.54, 1.807) is 30.3 Å². The number of hydrogen-bond acceptors (Lipinski definition) is 7. The van der Waals surface area contributed by atoms with E-state index < -0.39 is 39.7 Å². The molecule has 1 aliphatic heterocycles. The Morgan fingerprint density at radius 1 is 1.03 bits per heavy atom. The van der Waals surface area contributed by atoms with E-state index in [4.69, 9.17) is 9.47 Å². The number of aromatic carboxylic acids is 1. The van der Waals surface area contributed by atoms with Gasteiger partial charge in [0.2, 0.25) is 5.60 Å². The Kier molecular flexibility index (Phi) is 7.31. The molecule has 1 N–H and O–H groups in total. The van der Waals surface area contributed by atoms with E-state index in [2.05, 4.69) is 14.1 Å². The fourth-order valence-corrected chi connectivity index (χ4v) is 5.45. The Balaban J connectivity index is 1.78. The second-order valence-electron chi connectivity index (χ2n) is 10.5. The fourth-order valence-electron chi connectivity index (χ4n) is 5.45. The van der Waals surface area contributed by atoms with Crippen molar-refractivity contribution in [2.24, 2.45) is 5.92 Å². The van der Waals surface area contributed by atoms with Gasteiger partial charge >= 0.3 is 17.9 Å². The third-order valence-electron chi connectivity index (χ3n) is 7.33. The molecule has 1 aliphatic carbocycles. The molecule has 0 spiro atoms. The van der Waals surface area contributed by atoms with Crippen LogP contribution in [-0.2, 0) is 19.9 Å². The lowest BCUT2D eigenvalue weighted by molar-refractivity contribution is -0.879. The van der Waals surface area contributed by atoms with Gasteiger partial charge in [0.15, 0.2) is 6.10 Å². The Bertz CT molecular complexity index is 1170. The third-order valence-corrected chi connectivity index (χ3v) is 7.33. The minimum atomic E-state index is -1.78. The molecule has 196 valence electrons. The zero-order valence-corrected chi connectivity index (χ0v) is 20.9. The molecule has 2 atom stereocenters. The van der Waals surface area contributed by atoms with Crippen LogP contribution < -0.4 is 0 Å². The van der Waals surface area contributed by atoms with Crippen LogP contribution in [0.5, 0.6) is 0 Å². The zero-order valence-electron chi connectivity index (χ0n) is 20.9. The second-order valence-corrected chi connectivity index (χ2v) is 10.5. The van der Waals surface area contributed by atoms with E-state index in [1.807, 2.05) is 0 Å². The topological polar surface area (TPSA) is 133 Å². The highest BCUT2D eigenvalue weighted by atomic mass is 16.6. The number of carboxylic acids is 1. The first kappa shape index (κ1) is 26.3. The summed E-state index contributed by atoms with van der Waals surface area (Å²) in [5.41, 5.74) is -2.64. The zero-order chi connectivity index (χ0) is 26.8. The largest absolute Gasteiger partial charge is 0.478 e. The van der Waals surface area contributed by atoms with Crippen LogP contribution in [0.1, 0.15) is 58.4 Å². The van der Waals surface area contributed by atoms with Crippen molar-refractivity contribution in [3.8, 4) is 0 Å². The van der Waals surface area contributed by atoms with E-state index in [9.17, 15) is 29.6 Å². The van der Waals surface area contributed by atoms with Crippen LogP contribution in [0.2, 0.25) is 0 Å². The molecule has 0 radical (unpaired) electrons. The van der Waals surface area contributed by atoms with Gasteiger partial charge in [0, 0.05) is 30.0 Å². The smallest absolute Gasteiger partial charge is 0.356 e. The molecule has 4 rings (SSSR count). The first-order valence-corrected chi connectivity index (χ1v) is 12.4. The summed E-state index contributed by atoms with van der Waals surface area (Å²) >= 11 is 0. The van der Waals surface area contributed by atoms with Crippen molar-refractivity contribution in [3.05, 3.63) is 75.3 Å². The first-order chi connectivity index (χ1) is 17.5. The molecule has 10 nitrogen and oxygen atoms in total. The van der Waals surface area contributed by atoms with E-state index in [0.29, 0.717) is 35.9 Å². The Labute approximate surface area is 214 Å². The number of carbonyl (C=O) groups excluding carboxylic acids is 2. The van der Waals surface area contributed by atoms with Crippen LogP contribution >= 0.6 is 0 Å². The van der Waals surface area contributed by atoms with Crippen LogP contribution in [0.25, 0.3) is 0 Å². The number of nitrogens with zero attached hydrogens (tertiary/aromatic N) is 2. The summed E-state index contributed by atoms with van der Waals surface area (Å²) in [5.74, 6) is -3.49. The van der Waals surface area contributed by atoms with Gasteiger partial charge in [0.05, 0.1) is 36.7 Å². The molecule has 2 aromatic rings. The summed E-state index contributed by atoms with van der Waals surface area (Å²) in [7, 11) is 4.11. The van der Waals surface area contributed by atoms with Gasteiger partial charge in [-0.15, -0.1) is 0 Å². The average Bonchev–Trinajstić information content (AvgIpc) is 3.52. The number of esters is 2. The van der Waals surface area contributed by atoms with Crippen molar-refractivity contribution in [1.29, 1.82) is 0 Å². The number of likely N-dealkylation sites (tertiary alicyclic amines) is 1. The van der Waals surface area contributed by atoms with Crippen LogP contribution in [0, 0.1) is 16.0 Å². The molecular formula is C27H31N2O8+. The number of nitro benzene ring substituents is 1. The lowest BCUT2D eigenvalue weighted by Gasteiger charge is -2.37. The maximum Gasteiger partial charge on any atom is 0.356 e. The van der Waals surface area contributed by atoms with Gasteiger partial charge in [-0.1, -0.05) is 43.2 Å². The number of hydrogen-bond donors (Lipinski definition) is 1. The lowest BCUT2D eigenvalue weighted by Crippen LogP contribution is -2.49. The SMILES string of the molecule is C[N+]1(C)CCC(OC(=O)C(OC(=O)c2cc(C(=O)O)cc([N+](=O)[O-])c2)(c2ccccc2)C2CCCC2)C1. The molecule has 1 saturated heterocycles. The van der Waals surface area contributed by atoms with Crippen LogP contribution in [-0.4, -0.2) is 65.7 Å². The summed E-state index contributed by atoms with van der Waals surface area (Å²) in [6, 6.07) is 11.5. The van der Waals surface area contributed by atoms with Gasteiger partial charge in [-0.2, -0.15) is 0 Å². The summed E-state index contributed by atoms with van der Waals surface area (Å²) in [6.45, 7) is 1.47. The van der Waals surface area contributed by atoms with E-state index in [-0.39, 0.29) is 17.6 Å². The molecule has 2 fully saturated rings. The number of quaternary nitrogens is 1. The van der Waals surface area contributed by atoms with Crippen molar-refractivity contribution in [2.45, 2.75) is 43.8 Å². The van der Waals surface area contributed by atoms with Gasteiger partial charge in [-0.3, -0.25) is 10.1 Å². The van der Waals surface area contributed by atoms with Crippen LogP contribution in [0.3, 0.4) is 0 Å². The molecule has 37 heavy (non-hydrogen) atoms. The number of nitro groups is 1. The van der Waals surface area contributed by atoms with Crippen molar-refractivity contribution in [1.82, 2.24) is 0 Å². The minimum absolute atomic E-state index is 0.323. The van der Waals surface area contributed by atoms with Gasteiger partial charge in [0.25, 0.3) is 5.69 Å². The normalized spacial score (nSPS) is 20.6. The maximum absolute atomic E-state index is 14.0. The molecule has 0 amide bonds. The molecule has 1 heterocycles. The number of rotatable bonds is 8. The monoisotopic (exact) mass is 511 g/mol. The Hall–Kier alpha value is -3.79. The number of carboxylic acid groups (broad SMARTS) is 1. The van der Waals surface area contributed by atoms with Crippen molar-refractivity contribution in [3.63, 3.8) is 0 Å². The highest BCUT2D eigenvalue weighted by Crippen LogP contribution is 2.45. The van der Waals surface area contributed by atoms with E-state index in [1.165, 1.54) is 0 Å². The lowest BCUT2D eigenvalue weighted by atomic mass is 9.79. The van der Waals surface area contributed by atoms with Gasteiger partial charge in [-0.05, 0) is 18.9 Å². The summed E-state index contributed by atoms with van der Waals surface area (Å²) in [6.07, 6.45) is 3.27. The van der Waals surface area contributed by atoms with Crippen molar-refractivity contribution in [2.75, 3.05) is 27.2 Å². The highest BCUT2D eigenvalue weighted by molar-refractivity contribution is 5.97.